The Kier molecular flexibility index (Phi) is 6.33. The third-order valence-electron chi connectivity index (χ3n) is 3.71. The highest BCUT2D eigenvalue weighted by Gasteiger charge is 2.17. The standard InChI is InChI=1S/C16H23ClN2O2/c1-2-18-10-13-14(17)8-5-9-15(13)21-11-16(20)19-12-6-3-4-7-12/h5,8-9,12,18H,2-4,6-7,10-11H2,1H3,(H,19,20). The number of nitrogens with one attached hydrogen (secondary N) is 2. The highest BCUT2D eigenvalue weighted by molar-refractivity contribution is 6.31. The van der Waals surface area contributed by atoms with Gasteiger partial charge in [0.25, 0.3) is 5.91 Å². The second kappa shape index (κ2) is 8.25. The summed E-state index contributed by atoms with van der Waals surface area (Å²) in [7, 11) is 0. The summed E-state index contributed by atoms with van der Waals surface area (Å²) in [6, 6.07) is 5.84. The van der Waals surface area contributed by atoms with Crippen molar-refractivity contribution in [3.63, 3.8) is 0 Å². The van der Waals surface area contributed by atoms with Gasteiger partial charge in [0, 0.05) is 23.2 Å². The molecule has 116 valence electrons. The maximum absolute atomic E-state index is 11.9. The molecular formula is C16H23ClN2O2. The predicted octanol–water partition coefficient (Wildman–Crippen LogP) is 2.89. The number of benzene rings is 1. The van der Waals surface area contributed by atoms with Crippen LogP contribution in [0.15, 0.2) is 18.2 Å². The molecule has 1 fully saturated rings. The quantitative estimate of drug-likeness (QED) is 0.814. The maximum atomic E-state index is 11.9. The average molecular weight is 311 g/mol. The lowest BCUT2D eigenvalue weighted by Crippen LogP contribution is -2.36. The minimum absolute atomic E-state index is 0.0377. The molecule has 0 heterocycles. The molecule has 1 saturated carbocycles. The molecule has 0 unspecified atom stereocenters. The summed E-state index contributed by atoms with van der Waals surface area (Å²) in [6.45, 7) is 3.56. The Balaban J connectivity index is 1.89. The van der Waals surface area contributed by atoms with Crippen LogP contribution in [0.3, 0.4) is 0 Å². The number of halogens is 1. The van der Waals surface area contributed by atoms with E-state index in [1.807, 2.05) is 25.1 Å². The van der Waals surface area contributed by atoms with E-state index in [4.69, 9.17) is 16.3 Å². The Bertz CT molecular complexity index is 473. The third kappa shape index (κ3) is 4.90. The lowest BCUT2D eigenvalue weighted by molar-refractivity contribution is -0.123. The molecule has 1 aromatic rings. The minimum Gasteiger partial charge on any atom is -0.483 e. The van der Waals surface area contributed by atoms with Crippen molar-refractivity contribution in [2.24, 2.45) is 0 Å². The van der Waals surface area contributed by atoms with Crippen LogP contribution in [0.25, 0.3) is 0 Å². The SMILES string of the molecule is CCNCc1c(Cl)cccc1OCC(=O)NC1CCCC1. The lowest BCUT2D eigenvalue weighted by Gasteiger charge is -2.15. The van der Waals surface area contributed by atoms with Crippen LogP contribution in [0.2, 0.25) is 5.02 Å². The van der Waals surface area contributed by atoms with Crippen LogP contribution in [0.4, 0.5) is 0 Å². The van der Waals surface area contributed by atoms with Crippen LogP contribution in [0, 0.1) is 0 Å². The van der Waals surface area contributed by atoms with Gasteiger partial charge < -0.3 is 15.4 Å². The van der Waals surface area contributed by atoms with E-state index in [0.717, 1.165) is 24.9 Å². The van der Waals surface area contributed by atoms with Crippen LogP contribution in [-0.2, 0) is 11.3 Å². The topological polar surface area (TPSA) is 50.4 Å². The molecule has 0 aromatic heterocycles. The monoisotopic (exact) mass is 310 g/mol. The fourth-order valence-electron chi connectivity index (χ4n) is 2.58. The van der Waals surface area contributed by atoms with Crippen molar-refractivity contribution in [3.05, 3.63) is 28.8 Å². The molecule has 2 N–H and O–H groups in total. The maximum Gasteiger partial charge on any atom is 0.258 e. The first-order valence-corrected chi connectivity index (χ1v) is 7.98. The van der Waals surface area contributed by atoms with Crippen molar-refractivity contribution in [1.29, 1.82) is 0 Å². The van der Waals surface area contributed by atoms with E-state index in [-0.39, 0.29) is 12.5 Å². The van der Waals surface area contributed by atoms with E-state index in [1.54, 1.807) is 0 Å². The molecule has 0 bridgehead atoms. The zero-order valence-electron chi connectivity index (χ0n) is 12.5. The van der Waals surface area contributed by atoms with E-state index in [0.29, 0.717) is 23.4 Å². The fourth-order valence-corrected chi connectivity index (χ4v) is 2.81. The van der Waals surface area contributed by atoms with E-state index < -0.39 is 0 Å². The Hall–Kier alpha value is -1.26. The Morgan fingerprint density at radius 3 is 2.86 bits per heavy atom. The average Bonchev–Trinajstić information content (AvgIpc) is 2.97. The lowest BCUT2D eigenvalue weighted by atomic mass is 10.2. The molecule has 0 saturated heterocycles. The highest BCUT2D eigenvalue weighted by Crippen LogP contribution is 2.26. The van der Waals surface area contributed by atoms with Crippen LogP contribution >= 0.6 is 11.6 Å². The number of hydrogen-bond acceptors (Lipinski definition) is 3. The van der Waals surface area contributed by atoms with Crippen molar-refractivity contribution in [2.45, 2.75) is 45.2 Å². The number of carbonyl (C=O) groups is 1. The van der Waals surface area contributed by atoms with Gasteiger partial charge >= 0.3 is 0 Å². The van der Waals surface area contributed by atoms with Crippen LogP contribution in [-0.4, -0.2) is 25.1 Å². The molecule has 1 aliphatic rings. The number of amides is 1. The second-order valence-corrected chi connectivity index (χ2v) is 5.74. The first kappa shape index (κ1) is 16.1. The van der Waals surface area contributed by atoms with Gasteiger partial charge in [0.15, 0.2) is 6.61 Å². The number of carbonyl (C=O) groups excluding carboxylic acids is 1. The first-order chi connectivity index (χ1) is 10.2. The normalized spacial score (nSPS) is 15.1. The third-order valence-corrected chi connectivity index (χ3v) is 4.06. The van der Waals surface area contributed by atoms with E-state index in [2.05, 4.69) is 10.6 Å². The van der Waals surface area contributed by atoms with Gasteiger partial charge in [-0.1, -0.05) is 37.4 Å². The number of rotatable bonds is 7. The van der Waals surface area contributed by atoms with E-state index in [1.165, 1.54) is 12.8 Å². The second-order valence-electron chi connectivity index (χ2n) is 5.33. The Morgan fingerprint density at radius 2 is 2.14 bits per heavy atom. The summed E-state index contributed by atoms with van der Waals surface area (Å²) >= 11 is 6.20. The van der Waals surface area contributed by atoms with Crippen molar-refractivity contribution >= 4 is 17.5 Å². The van der Waals surface area contributed by atoms with Crippen molar-refractivity contribution in [3.8, 4) is 5.75 Å². The molecule has 5 heteroatoms. The van der Waals surface area contributed by atoms with Gasteiger partial charge in [-0.15, -0.1) is 0 Å². The smallest absolute Gasteiger partial charge is 0.258 e. The molecule has 1 amide bonds. The van der Waals surface area contributed by atoms with Crippen LogP contribution < -0.4 is 15.4 Å². The first-order valence-electron chi connectivity index (χ1n) is 7.61. The highest BCUT2D eigenvalue weighted by atomic mass is 35.5. The molecule has 1 aromatic carbocycles. The summed E-state index contributed by atoms with van der Waals surface area (Å²) in [5.74, 6) is 0.612. The summed E-state index contributed by atoms with van der Waals surface area (Å²) in [5, 5.41) is 6.90. The van der Waals surface area contributed by atoms with Gasteiger partial charge in [-0.3, -0.25) is 4.79 Å². The van der Waals surface area contributed by atoms with E-state index >= 15 is 0 Å². The zero-order valence-corrected chi connectivity index (χ0v) is 13.2. The summed E-state index contributed by atoms with van der Waals surface area (Å²) in [4.78, 5) is 11.9. The molecule has 0 spiro atoms. The van der Waals surface area contributed by atoms with E-state index in [9.17, 15) is 4.79 Å². The Morgan fingerprint density at radius 1 is 1.38 bits per heavy atom. The van der Waals surface area contributed by atoms with Gasteiger partial charge in [0.1, 0.15) is 5.75 Å². The van der Waals surface area contributed by atoms with Gasteiger partial charge in [-0.05, 0) is 31.5 Å². The van der Waals surface area contributed by atoms with Crippen molar-refractivity contribution in [2.75, 3.05) is 13.2 Å². The summed E-state index contributed by atoms with van der Waals surface area (Å²) in [5.41, 5.74) is 0.898. The largest absolute Gasteiger partial charge is 0.483 e. The summed E-state index contributed by atoms with van der Waals surface area (Å²) < 4.78 is 5.65. The molecule has 0 aliphatic heterocycles. The fraction of sp³-hybridized carbons (Fsp3) is 0.562. The van der Waals surface area contributed by atoms with Gasteiger partial charge in [0.2, 0.25) is 0 Å². The van der Waals surface area contributed by atoms with Crippen LogP contribution in [0.1, 0.15) is 38.2 Å². The molecule has 4 nitrogen and oxygen atoms in total. The van der Waals surface area contributed by atoms with Gasteiger partial charge in [-0.2, -0.15) is 0 Å². The van der Waals surface area contributed by atoms with Crippen LogP contribution in [0.5, 0.6) is 5.75 Å². The van der Waals surface area contributed by atoms with Gasteiger partial charge in [-0.25, -0.2) is 0 Å². The van der Waals surface area contributed by atoms with Crippen molar-refractivity contribution in [1.82, 2.24) is 10.6 Å². The number of hydrogen-bond donors (Lipinski definition) is 2. The van der Waals surface area contributed by atoms with Crippen molar-refractivity contribution < 1.29 is 9.53 Å². The molecule has 0 atom stereocenters. The molecule has 0 radical (unpaired) electrons. The number of ether oxygens (including phenoxy) is 1. The molecule has 2 rings (SSSR count). The Labute approximate surface area is 131 Å². The molecule has 1 aliphatic carbocycles. The molecular weight excluding hydrogens is 288 g/mol. The minimum atomic E-state index is -0.0590. The predicted molar refractivity (Wildman–Crippen MR) is 84.7 cm³/mol. The summed E-state index contributed by atoms with van der Waals surface area (Å²) in [6.07, 6.45) is 4.56. The zero-order chi connectivity index (χ0) is 15.1. The molecule has 21 heavy (non-hydrogen) atoms. The van der Waals surface area contributed by atoms with Gasteiger partial charge in [0.05, 0.1) is 0 Å².